The number of carbonyl (C=O) groups excluding carboxylic acids is 1. The second-order valence-corrected chi connectivity index (χ2v) is 4.80. The van der Waals surface area contributed by atoms with Gasteiger partial charge in [0.15, 0.2) is 0 Å². The van der Waals surface area contributed by atoms with Gasteiger partial charge in [0, 0.05) is 12.6 Å². The molecule has 3 rings (SSSR count). The topological polar surface area (TPSA) is 35.6 Å². The third kappa shape index (κ3) is 1.84. The lowest BCUT2D eigenvalue weighted by atomic mass is 10.0. The van der Waals surface area contributed by atoms with Crippen LogP contribution < -0.4 is 10.4 Å². The average Bonchev–Trinajstić information content (AvgIpc) is 2.44. The van der Waals surface area contributed by atoms with Gasteiger partial charge in [0.25, 0.3) is 0 Å². The number of piperidine rings is 1. The van der Waals surface area contributed by atoms with E-state index in [0.29, 0.717) is 12.2 Å². The molecule has 2 heterocycles. The largest absolute Gasteiger partial charge is 0.353 e. The van der Waals surface area contributed by atoms with Crippen LogP contribution in [0.5, 0.6) is 0 Å². The summed E-state index contributed by atoms with van der Waals surface area (Å²) in [6.07, 6.45) is 1.78. The molecule has 0 aliphatic carbocycles. The summed E-state index contributed by atoms with van der Waals surface area (Å²) in [6.45, 7) is 2.30. The van der Waals surface area contributed by atoms with E-state index in [1.807, 2.05) is 12.1 Å². The summed E-state index contributed by atoms with van der Waals surface area (Å²) in [7, 11) is 0. The summed E-state index contributed by atoms with van der Waals surface area (Å²) < 4.78 is 14.0. The van der Waals surface area contributed by atoms with Crippen molar-refractivity contribution in [1.82, 2.24) is 10.2 Å². The standard InChI is InChI=1S/C13H16FN3O/c14-17-12-4-2-1-3-10(12)9-16(13(17)18)11-5-7-15-8-6-11/h1-4,11,15H,5-9H2. The van der Waals surface area contributed by atoms with E-state index in [-0.39, 0.29) is 11.2 Å². The molecule has 1 aromatic rings. The number of hydrogen-bond acceptors (Lipinski definition) is 2. The van der Waals surface area contributed by atoms with Gasteiger partial charge in [-0.3, -0.25) is 0 Å². The third-order valence-electron chi connectivity index (χ3n) is 3.71. The maximum Gasteiger partial charge on any atom is 0.353 e. The molecule has 0 saturated carbocycles. The van der Waals surface area contributed by atoms with E-state index in [1.165, 1.54) is 0 Å². The quantitative estimate of drug-likeness (QED) is 0.773. The van der Waals surface area contributed by atoms with Crippen molar-refractivity contribution < 1.29 is 9.28 Å². The van der Waals surface area contributed by atoms with Gasteiger partial charge in [-0.1, -0.05) is 22.7 Å². The number of amides is 2. The minimum atomic E-state index is -0.527. The average molecular weight is 249 g/mol. The number of carbonyl (C=O) groups is 1. The minimum absolute atomic E-state index is 0.144. The van der Waals surface area contributed by atoms with Crippen LogP contribution in [0.1, 0.15) is 18.4 Å². The fourth-order valence-corrected chi connectivity index (χ4v) is 2.71. The number of hydrogen-bond donors (Lipinski definition) is 1. The molecule has 0 radical (unpaired) electrons. The summed E-state index contributed by atoms with van der Waals surface area (Å²) in [5.41, 5.74) is 1.26. The Morgan fingerprint density at radius 2 is 1.94 bits per heavy atom. The van der Waals surface area contributed by atoms with E-state index < -0.39 is 6.03 Å². The molecular weight excluding hydrogens is 233 g/mol. The Kier molecular flexibility index (Phi) is 2.91. The molecule has 96 valence electrons. The number of halogens is 1. The van der Waals surface area contributed by atoms with Gasteiger partial charge in [0.05, 0.1) is 5.69 Å². The second kappa shape index (κ2) is 4.57. The maximum absolute atomic E-state index is 14.0. The first-order valence-electron chi connectivity index (χ1n) is 6.32. The van der Waals surface area contributed by atoms with E-state index in [0.717, 1.165) is 31.5 Å². The number of benzene rings is 1. The Hall–Kier alpha value is -1.62. The molecule has 1 saturated heterocycles. The van der Waals surface area contributed by atoms with Crippen molar-refractivity contribution in [1.29, 1.82) is 0 Å². The molecular formula is C13H16FN3O. The highest BCUT2D eigenvalue weighted by molar-refractivity contribution is 5.92. The van der Waals surface area contributed by atoms with Crippen molar-refractivity contribution in [2.75, 3.05) is 18.2 Å². The lowest BCUT2D eigenvalue weighted by molar-refractivity contribution is 0.143. The summed E-state index contributed by atoms with van der Waals surface area (Å²) in [6, 6.07) is 6.77. The molecule has 0 atom stereocenters. The van der Waals surface area contributed by atoms with Crippen LogP contribution in [-0.2, 0) is 6.54 Å². The van der Waals surface area contributed by atoms with Crippen molar-refractivity contribution in [2.24, 2.45) is 0 Å². The molecule has 1 fully saturated rings. The normalized spacial score (nSPS) is 21.1. The van der Waals surface area contributed by atoms with Crippen LogP contribution in [0.2, 0.25) is 0 Å². The second-order valence-electron chi connectivity index (χ2n) is 4.80. The SMILES string of the molecule is O=C1N(F)c2ccccc2CN1C1CCNCC1. The molecule has 5 heteroatoms. The Morgan fingerprint density at radius 1 is 1.22 bits per heavy atom. The van der Waals surface area contributed by atoms with Crippen LogP contribution >= 0.6 is 0 Å². The van der Waals surface area contributed by atoms with Crippen molar-refractivity contribution in [3.8, 4) is 0 Å². The van der Waals surface area contributed by atoms with Crippen molar-refractivity contribution in [3.63, 3.8) is 0 Å². The monoisotopic (exact) mass is 249 g/mol. The molecule has 2 aliphatic heterocycles. The number of urea groups is 1. The minimum Gasteiger partial charge on any atom is -0.317 e. The van der Waals surface area contributed by atoms with E-state index in [2.05, 4.69) is 5.32 Å². The first-order chi connectivity index (χ1) is 8.77. The highest BCUT2D eigenvalue weighted by Crippen LogP contribution is 2.31. The lowest BCUT2D eigenvalue weighted by Crippen LogP contribution is -2.51. The fourth-order valence-electron chi connectivity index (χ4n) is 2.71. The number of para-hydroxylation sites is 1. The molecule has 1 N–H and O–H groups in total. The summed E-state index contributed by atoms with van der Waals surface area (Å²) >= 11 is 0. The predicted molar refractivity (Wildman–Crippen MR) is 66.9 cm³/mol. The van der Waals surface area contributed by atoms with Gasteiger partial charge in [-0.25, -0.2) is 4.79 Å². The summed E-state index contributed by atoms with van der Waals surface area (Å²) in [5, 5.41) is 3.53. The zero-order valence-electron chi connectivity index (χ0n) is 10.1. The van der Waals surface area contributed by atoms with E-state index >= 15 is 0 Å². The van der Waals surface area contributed by atoms with Crippen LogP contribution in [0.15, 0.2) is 24.3 Å². The number of rotatable bonds is 1. The number of fused-ring (bicyclic) bond motifs is 1. The lowest BCUT2D eigenvalue weighted by Gasteiger charge is -2.39. The van der Waals surface area contributed by atoms with Crippen LogP contribution in [-0.4, -0.2) is 30.1 Å². The number of nitrogens with one attached hydrogen (secondary N) is 1. The Balaban J connectivity index is 1.88. The Labute approximate surface area is 105 Å². The van der Waals surface area contributed by atoms with E-state index in [1.54, 1.807) is 17.0 Å². The highest BCUT2D eigenvalue weighted by Gasteiger charge is 2.35. The van der Waals surface area contributed by atoms with E-state index in [9.17, 15) is 9.28 Å². The third-order valence-corrected chi connectivity index (χ3v) is 3.71. The molecule has 0 aromatic heterocycles. The first kappa shape index (κ1) is 11.5. The molecule has 18 heavy (non-hydrogen) atoms. The molecule has 2 amide bonds. The zero-order chi connectivity index (χ0) is 12.5. The fraction of sp³-hybridized carbons (Fsp3) is 0.462. The van der Waals surface area contributed by atoms with Gasteiger partial charge >= 0.3 is 6.03 Å². The molecule has 4 nitrogen and oxygen atoms in total. The summed E-state index contributed by atoms with van der Waals surface area (Å²) in [5.74, 6) is 0. The van der Waals surface area contributed by atoms with E-state index in [4.69, 9.17) is 0 Å². The zero-order valence-corrected chi connectivity index (χ0v) is 10.1. The maximum atomic E-state index is 14.0. The molecule has 0 spiro atoms. The smallest absolute Gasteiger partial charge is 0.317 e. The van der Waals surface area contributed by atoms with Gasteiger partial charge in [0.2, 0.25) is 0 Å². The van der Waals surface area contributed by atoms with Gasteiger partial charge in [0.1, 0.15) is 0 Å². The molecule has 0 unspecified atom stereocenters. The Morgan fingerprint density at radius 3 is 2.72 bits per heavy atom. The van der Waals surface area contributed by atoms with Crippen molar-refractivity contribution in [3.05, 3.63) is 29.8 Å². The molecule has 0 bridgehead atoms. The van der Waals surface area contributed by atoms with Crippen LogP contribution in [0.25, 0.3) is 0 Å². The Bertz CT molecular complexity index is 459. The predicted octanol–water partition coefficient (Wildman–Crippen LogP) is 2.07. The van der Waals surface area contributed by atoms with Crippen LogP contribution in [0, 0.1) is 0 Å². The number of nitrogens with zero attached hydrogens (tertiary/aromatic N) is 2. The van der Waals surface area contributed by atoms with Gasteiger partial charge in [-0.15, -0.1) is 5.12 Å². The van der Waals surface area contributed by atoms with Gasteiger partial charge in [-0.2, -0.15) is 0 Å². The van der Waals surface area contributed by atoms with Gasteiger partial charge in [-0.05, 0) is 37.6 Å². The summed E-state index contributed by atoms with van der Waals surface area (Å²) in [4.78, 5) is 13.7. The first-order valence-corrected chi connectivity index (χ1v) is 6.32. The molecule has 1 aromatic carbocycles. The van der Waals surface area contributed by atoms with Gasteiger partial charge < -0.3 is 10.2 Å². The van der Waals surface area contributed by atoms with Crippen LogP contribution in [0.3, 0.4) is 0 Å². The molecule has 2 aliphatic rings. The number of anilines is 1. The van der Waals surface area contributed by atoms with Crippen LogP contribution in [0.4, 0.5) is 15.0 Å². The van der Waals surface area contributed by atoms with Crippen molar-refractivity contribution in [2.45, 2.75) is 25.4 Å². The van der Waals surface area contributed by atoms with Crippen molar-refractivity contribution >= 4 is 11.7 Å². The highest BCUT2D eigenvalue weighted by atomic mass is 19.2.